The van der Waals surface area contributed by atoms with Crippen molar-refractivity contribution < 1.29 is 115 Å². The van der Waals surface area contributed by atoms with E-state index in [-0.39, 0.29) is 94.3 Å². The van der Waals surface area contributed by atoms with Crippen LogP contribution in [-0.4, -0.2) is 167 Å². The molecule has 6 aromatic heterocycles. The van der Waals surface area contributed by atoms with Gasteiger partial charge in [0.05, 0.1) is 103 Å². The van der Waals surface area contributed by atoms with Crippen LogP contribution >= 0.6 is 85.9 Å². The number of nitrogens with zero attached hydrogens (tertiary/aromatic N) is 5. The second-order valence-electron chi connectivity index (χ2n) is 30.2. The first-order valence-corrected chi connectivity index (χ1v) is 44.3. The Kier molecular flexibility index (Phi) is 41.0. The summed E-state index contributed by atoms with van der Waals surface area (Å²) in [6.45, 7) is 43.2. The number of halogens is 10. The SMILES string of the molecule is CC(C)=C(C)B1OC(C)(C)C(C)(C)O1.CC1c2[nH]c(=O)ccc2C(=O)OC1(C)C.CC1c2nc(Cl)ccc2C(=O)OC1(C)C.CC1c2nc(Cl)ccc2C(=O)OC1(C)C.COC(=O)c1ccc(OC)nc1C(C)=C(C)C.COC(=O)c1ccc(OC)nc1Cl.COc1ccc2c(n1)C(C)C(C)(C)OC2=O.CSF.O=P(Cl)(Cl)Cl.O=S(=O)(O)C(F)(F)F. The number of pyridine rings is 6. The van der Waals surface area contributed by atoms with Gasteiger partial charge in [-0.2, -0.15) is 25.5 Å². The lowest BCUT2D eigenvalue weighted by Crippen LogP contribution is -2.41. The molecule has 5 aliphatic rings. The highest BCUT2D eigenvalue weighted by atomic mass is 36.0. The molecule has 2 N–H and O–H groups in total. The number of aromatic amines is 1. The van der Waals surface area contributed by atoms with E-state index in [2.05, 4.69) is 117 Å². The van der Waals surface area contributed by atoms with Gasteiger partial charge in [0, 0.05) is 72.0 Å². The average molecular weight is 1880 g/mol. The van der Waals surface area contributed by atoms with E-state index < -0.39 is 55.2 Å². The fraction of sp³-hybridized carbons (Fsp3) is 0.494. The number of hydrogen-bond acceptors (Lipinski definition) is 27. The largest absolute Gasteiger partial charge is 0.522 e. The van der Waals surface area contributed by atoms with E-state index in [1.165, 1.54) is 62.9 Å². The van der Waals surface area contributed by atoms with E-state index in [9.17, 15) is 55.2 Å². The molecular weight excluding hydrogens is 1780 g/mol. The highest BCUT2D eigenvalue weighted by Gasteiger charge is 2.52. The maximum Gasteiger partial charge on any atom is 0.522 e. The maximum absolute atomic E-state index is 11.7. The molecule has 42 heteroatoms. The van der Waals surface area contributed by atoms with E-state index in [0.29, 0.717) is 67.2 Å². The number of carbonyl (C=O) groups is 6. The molecule has 0 aliphatic carbocycles. The van der Waals surface area contributed by atoms with Gasteiger partial charge in [-0.3, -0.25) is 13.9 Å². The van der Waals surface area contributed by atoms with E-state index in [1.54, 1.807) is 62.8 Å². The number of H-pyrrole nitrogens is 1. The fourth-order valence-corrected chi connectivity index (χ4v) is 10.8. The Bertz CT molecular complexity index is 4880. The van der Waals surface area contributed by atoms with Crippen LogP contribution in [0, 0.1) is 0 Å². The molecule has 28 nitrogen and oxygen atoms in total. The van der Waals surface area contributed by atoms with Gasteiger partial charge in [-0.25, -0.2) is 53.7 Å². The molecule has 0 amide bonds. The van der Waals surface area contributed by atoms with Crippen molar-refractivity contribution >= 4 is 144 Å². The van der Waals surface area contributed by atoms with Gasteiger partial charge in [-0.05, 0) is 218 Å². The van der Waals surface area contributed by atoms with Crippen molar-refractivity contribution in [1.82, 2.24) is 29.9 Å². The first kappa shape index (κ1) is 109. The minimum absolute atomic E-state index is 0.0147. The predicted molar refractivity (Wildman–Crippen MR) is 459 cm³/mol. The molecule has 0 aromatic carbocycles. The number of alkyl halides is 3. The monoisotopic (exact) mass is 1880 g/mol. The van der Waals surface area contributed by atoms with Crippen molar-refractivity contribution in [3.63, 3.8) is 0 Å². The average Bonchev–Trinajstić information content (AvgIpc) is 0.864. The third-order valence-corrected chi connectivity index (χ3v) is 21.0. The standard InChI is InChI=1S/C13H17NO3.C12H15NO3.C11H21BO2.2C11H12ClNO2.C11H13NO3.C8H8ClNO3.CHF3O3S.CH3FS.Cl3OP/c1-8(2)9(3)12-10(13(15)17-5)6-7-11(14-12)16-4;1-7-10-8(5-6-9(13-10)15-4)11(14)16-12(7,2)3;1-8(2)9(3)12-13-10(4,5)11(6,7)14-12;2*1-6-9-7(4-5-8(12)13-9)10(14)15-11(6,2)3;1-6-9-7(4-5-8(13)12-9)10(14)15-11(6,2)3;1-12-6-4-3-5(7(9)10-6)8(11)13-2;2-1(3,4)8(5,6)7;1-3-2;1-5(2,3)4/h6-7H,1-5H3;5-7H,1-4H3;1-7H3;2*4-6H,1-3H3;4-6H,1-3H3,(H,12,13);3-4H,1-2H3;(H,5,6,7);1H3;. The summed E-state index contributed by atoms with van der Waals surface area (Å²) in [5, 5.41) is -2.33. The van der Waals surface area contributed by atoms with Crippen molar-refractivity contribution in [3.8, 4) is 17.6 Å². The van der Waals surface area contributed by atoms with Gasteiger partial charge in [0.2, 0.25) is 23.2 Å². The van der Waals surface area contributed by atoms with Gasteiger partial charge >= 0.3 is 63.8 Å². The van der Waals surface area contributed by atoms with Crippen LogP contribution in [0.5, 0.6) is 17.6 Å². The molecule has 11 heterocycles. The van der Waals surface area contributed by atoms with E-state index in [1.807, 2.05) is 104 Å². The van der Waals surface area contributed by atoms with Gasteiger partial charge in [0.1, 0.15) is 37.9 Å². The van der Waals surface area contributed by atoms with Crippen molar-refractivity contribution in [2.45, 2.75) is 215 Å². The summed E-state index contributed by atoms with van der Waals surface area (Å²) in [4.78, 5) is 104. The third kappa shape index (κ3) is 31.5. The van der Waals surface area contributed by atoms with Crippen molar-refractivity contribution in [3.05, 3.63) is 177 Å². The number of allylic oxidation sites excluding steroid dienone is 4. The lowest BCUT2D eigenvalue weighted by Gasteiger charge is -2.36. The summed E-state index contributed by atoms with van der Waals surface area (Å²) < 4.78 is 135. The Morgan fingerprint density at radius 1 is 0.512 bits per heavy atom. The van der Waals surface area contributed by atoms with Crippen LogP contribution in [0.25, 0.3) is 5.57 Å². The van der Waals surface area contributed by atoms with Crippen molar-refractivity contribution in [2.24, 2.45) is 0 Å². The van der Waals surface area contributed by atoms with Gasteiger partial charge in [-0.15, -0.1) is 0 Å². The number of carbonyl (C=O) groups excluding carboxylic acids is 6. The summed E-state index contributed by atoms with van der Waals surface area (Å²) in [6.07, 6.45) is 1.38. The Labute approximate surface area is 736 Å². The zero-order chi connectivity index (χ0) is 93.8. The zero-order valence-corrected chi connectivity index (χ0v) is 79.2. The molecule has 0 bridgehead atoms. The number of nitrogens with one attached hydrogen (secondary N) is 1. The minimum Gasteiger partial charge on any atom is -0.481 e. The second kappa shape index (κ2) is 45.3. The molecule has 6 aromatic rings. The topological polar surface area (TPSA) is 373 Å². The summed E-state index contributed by atoms with van der Waals surface area (Å²) >= 11 is 31.4. The van der Waals surface area contributed by atoms with Crippen LogP contribution in [0.2, 0.25) is 15.5 Å². The second-order valence-corrected chi connectivity index (χ2v) is 39.7. The van der Waals surface area contributed by atoms with Gasteiger partial charge < -0.3 is 56.9 Å². The lowest BCUT2D eigenvalue weighted by molar-refractivity contribution is -0.0510. The Morgan fingerprint density at radius 2 is 0.818 bits per heavy atom. The summed E-state index contributed by atoms with van der Waals surface area (Å²) in [5.74, 6) is -0.743. The highest BCUT2D eigenvalue weighted by Crippen LogP contribution is 2.61. The third-order valence-electron chi connectivity index (χ3n) is 19.7. The number of methoxy groups -OCH3 is 5. The molecule has 0 radical (unpaired) electrons. The van der Waals surface area contributed by atoms with Crippen LogP contribution in [0.15, 0.2) is 94.2 Å². The van der Waals surface area contributed by atoms with Crippen LogP contribution in [0.1, 0.15) is 267 Å². The molecule has 670 valence electrons. The lowest BCUT2D eigenvalue weighted by atomic mass is 9.77. The molecule has 1 fully saturated rings. The number of rotatable bonds is 7. The Morgan fingerprint density at radius 3 is 1.16 bits per heavy atom. The molecule has 121 heavy (non-hydrogen) atoms. The Hall–Kier alpha value is -7.67. The van der Waals surface area contributed by atoms with Crippen molar-refractivity contribution in [1.29, 1.82) is 0 Å². The molecule has 0 saturated carbocycles. The van der Waals surface area contributed by atoms with Gasteiger partial charge in [-0.1, -0.05) is 73.6 Å². The summed E-state index contributed by atoms with van der Waals surface area (Å²) in [6, 6.07) is 19.1. The van der Waals surface area contributed by atoms with Crippen LogP contribution in [-0.2, 0) is 52.4 Å². The molecule has 4 unspecified atom stereocenters. The van der Waals surface area contributed by atoms with Crippen LogP contribution < -0.4 is 19.8 Å². The predicted octanol–water partition coefficient (Wildman–Crippen LogP) is 20.8. The van der Waals surface area contributed by atoms with Gasteiger partial charge in [0.25, 0.3) is 0 Å². The molecule has 5 aliphatic heterocycles. The maximum atomic E-state index is 11.7. The molecule has 1 saturated heterocycles. The molecule has 4 atom stereocenters. The summed E-state index contributed by atoms with van der Waals surface area (Å²) in [5.41, 5.74) is 2.35. The summed E-state index contributed by atoms with van der Waals surface area (Å²) in [7, 11) is 1.19. The normalized spacial score (nSPS) is 18.3. The number of ether oxygens (including phenoxy) is 9. The van der Waals surface area contributed by atoms with Crippen LogP contribution in [0.3, 0.4) is 0 Å². The number of hydrogen-bond donors (Lipinski definition) is 2. The van der Waals surface area contributed by atoms with Gasteiger partial charge in [0.15, 0.2) is 0 Å². The molecule has 11 rings (SSSR count). The van der Waals surface area contributed by atoms with Crippen LogP contribution in [0.4, 0.5) is 17.1 Å². The molecular formula is C79H102BCl6F4N6O22PS2. The smallest absolute Gasteiger partial charge is 0.481 e. The number of esters is 6. The molecule has 0 spiro atoms. The number of cyclic esters (lactones) is 4. The Balaban J connectivity index is 0.000000465. The fourth-order valence-electron chi connectivity index (χ4n) is 10.3. The van der Waals surface area contributed by atoms with E-state index in [4.69, 9.17) is 95.0 Å². The first-order chi connectivity index (χ1) is 55.2. The van der Waals surface area contributed by atoms with E-state index >= 15 is 0 Å². The zero-order valence-electron chi connectivity index (χ0n) is 72.1. The number of aromatic nitrogens is 6. The quantitative estimate of drug-likeness (QED) is 0.0219. The first-order valence-electron chi connectivity index (χ1n) is 36.2. The number of fused-ring (bicyclic) bond motifs is 4. The highest BCUT2D eigenvalue weighted by molar-refractivity contribution is 8.24. The van der Waals surface area contributed by atoms with E-state index in [0.717, 1.165) is 28.2 Å². The van der Waals surface area contributed by atoms with Crippen molar-refractivity contribution in [2.75, 3.05) is 41.8 Å². The minimum atomic E-state index is -5.84.